The summed E-state index contributed by atoms with van der Waals surface area (Å²) < 4.78 is 17.8. The monoisotopic (exact) mass is 481 g/mol. The lowest BCUT2D eigenvalue weighted by atomic mass is 10.0. The number of amides is 1. The van der Waals surface area contributed by atoms with Crippen molar-refractivity contribution in [2.75, 3.05) is 18.5 Å². The maximum absolute atomic E-state index is 12.7. The summed E-state index contributed by atoms with van der Waals surface area (Å²) >= 11 is 0. The molecule has 6 rings (SSSR count). The van der Waals surface area contributed by atoms with Crippen LogP contribution >= 0.6 is 0 Å². The summed E-state index contributed by atoms with van der Waals surface area (Å²) in [6.07, 6.45) is -1.25. The number of ether oxygens (including phenoxy) is 3. The minimum atomic E-state index is -0.491. The Morgan fingerprint density at radius 2 is 1.53 bits per heavy atom. The third-order valence-electron chi connectivity index (χ3n) is 7.05. The standard InChI is InChI=1S/C30H28N2O4/c33-30(32-25-12-6-10-23-9-4-5-11-24(23)25)36-27-19-35-28-26(18-34-29(27)28)31-17-20-13-15-22(16-14-20)21-7-2-1-3-8-21/h1-16,26-29,31H,17-19H2,(H,32,33)/p+1/t26-,27+,28+,29+/m0/s1. The summed E-state index contributed by atoms with van der Waals surface area (Å²) in [4.78, 5) is 12.7. The Labute approximate surface area is 210 Å². The number of quaternary nitrogens is 1. The molecule has 3 N–H and O–H groups in total. The van der Waals surface area contributed by atoms with Crippen LogP contribution in [0.4, 0.5) is 10.5 Å². The van der Waals surface area contributed by atoms with Gasteiger partial charge in [0.15, 0.2) is 6.10 Å². The Hall–Kier alpha value is -3.71. The SMILES string of the molecule is O=C(Nc1cccc2ccccc12)O[C@@H]1CO[C@H]2[C@@H]1OC[C@@H]2[NH2+]Cc1ccc(-c2ccccc2)cc1. The summed E-state index contributed by atoms with van der Waals surface area (Å²) in [6, 6.07) is 33.0. The van der Waals surface area contributed by atoms with Gasteiger partial charge in [-0.15, -0.1) is 0 Å². The molecule has 4 aromatic rings. The fourth-order valence-corrected chi connectivity index (χ4v) is 5.16. The molecule has 0 radical (unpaired) electrons. The second-order valence-electron chi connectivity index (χ2n) is 9.36. The van der Waals surface area contributed by atoms with Gasteiger partial charge in [0.1, 0.15) is 31.4 Å². The molecule has 6 nitrogen and oxygen atoms in total. The van der Waals surface area contributed by atoms with E-state index in [1.54, 1.807) is 0 Å². The van der Waals surface area contributed by atoms with Gasteiger partial charge in [-0.25, -0.2) is 4.79 Å². The summed E-state index contributed by atoms with van der Waals surface area (Å²) in [5, 5.41) is 7.19. The first kappa shape index (κ1) is 22.7. The molecular formula is C30H29N2O4+. The zero-order valence-corrected chi connectivity index (χ0v) is 19.9. The summed E-state index contributed by atoms with van der Waals surface area (Å²) in [6.45, 7) is 1.75. The molecular weight excluding hydrogens is 452 g/mol. The molecule has 182 valence electrons. The highest BCUT2D eigenvalue weighted by Gasteiger charge is 2.51. The molecule has 0 unspecified atom stereocenters. The van der Waals surface area contributed by atoms with Gasteiger partial charge in [-0.05, 0) is 22.6 Å². The molecule has 4 atom stereocenters. The average Bonchev–Trinajstić information content (AvgIpc) is 3.51. The van der Waals surface area contributed by atoms with Gasteiger partial charge in [-0.2, -0.15) is 0 Å². The number of carbonyl (C=O) groups is 1. The van der Waals surface area contributed by atoms with Crippen LogP contribution in [0.1, 0.15) is 5.56 Å². The van der Waals surface area contributed by atoms with E-state index in [0.29, 0.717) is 13.2 Å². The predicted molar refractivity (Wildman–Crippen MR) is 139 cm³/mol. The van der Waals surface area contributed by atoms with E-state index in [0.717, 1.165) is 23.0 Å². The van der Waals surface area contributed by atoms with E-state index < -0.39 is 12.2 Å². The fraction of sp³-hybridized carbons (Fsp3) is 0.233. The van der Waals surface area contributed by atoms with Crippen molar-refractivity contribution in [1.82, 2.24) is 0 Å². The van der Waals surface area contributed by atoms with Gasteiger partial charge in [-0.3, -0.25) is 5.32 Å². The van der Waals surface area contributed by atoms with Crippen LogP contribution in [0.5, 0.6) is 0 Å². The van der Waals surface area contributed by atoms with Crippen molar-refractivity contribution >= 4 is 22.6 Å². The average molecular weight is 482 g/mol. The van der Waals surface area contributed by atoms with E-state index in [4.69, 9.17) is 14.2 Å². The lowest BCUT2D eigenvalue weighted by molar-refractivity contribution is -0.707. The number of anilines is 1. The lowest BCUT2D eigenvalue weighted by Gasteiger charge is -2.17. The van der Waals surface area contributed by atoms with Gasteiger partial charge >= 0.3 is 6.09 Å². The minimum absolute atomic E-state index is 0.0936. The van der Waals surface area contributed by atoms with Crippen molar-refractivity contribution in [3.63, 3.8) is 0 Å². The van der Waals surface area contributed by atoms with Gasteiger partial charge in [0, 0.05) is 10.9 Å². The third-order valence-corrected chi connectivity index (χ3v) is 7.05. The van der Waals surface area contributed by atoms with Crippen LogP contribution in [-0.2, 0) is 20.8 Å². The van der Waals surface area contributed by atoms with Crippen molar-refractivity contribution in [2.45, 2.75) is 30.9 Å². The smallest absolute Gasteiger partial charge is 0.412 e. The topological polar surface area (TPSA) is 73.4 Å². The van der Waals surface area contributed by atoms with Crippen LogP contribution in [0.15, 0.2) is 97.1 Å². The molecule has 0 bridgehead atoms. The van der Waals surface area contributed by atoms with Gasteiger partial charge in [0.05, 0.1) is 12.3 Å². The Kier molecular flexibility index (Phi) is 6.38. The molecule has 2 saturated heterocycles. The molecule has 4 aromatic carbocycles. The quantitative estimate of drug-likeness (QED) is 0.429. The maximum Gasteiger partial charge on any atom is 0.412 e. The highest BCUT2D eigenvalue weighted by molar-refractivity contribution is 6.00. The molecule has 2 heterocycles. The zero-order valence-electron chi connectivity index (χ0n) is 19.9. The molecule has 0 saturated carbocycles. The van der Waals surface area contributed by atoms with E-state index in [1.807, 2.05) is 48.5 Å². The van der Waals surface area contributed by atoms with E-state index in [1.165, 1.54) is 16.7 Å². The highest BCUT2D eigenvalue weighted by Crippen LogP contribution is 2.29. The van der Waals surface area contributed by atoms with Crippen molar-refractivity contribution in [3.05, 3.63) is 103 Å². The number of nitrogens with two attached hydrogens (primary N) is 1. The molecule has 1 amide bonds. The van der Waals surface area contributed by atoms with E-state index in [9.17, 15) is 4.79 Å². The van der Waals surface area contributed by atoms with Crippen LogP contribution in [0.2, 0.25) is 0 Å². The number of fused-ring (bicyclic) bond motifs is 2. The van der Waals surface area contributed by atoms with Gasteiger partial charge in [0.25, 0.3) is 0 Å². The van der Waals surface area contributed by atoms with Crippen molar-refractivity contribution in [1.29, 1.82) is 0 Å². The van der Waals surface area contributed by atoms with Gasteiger partial charge in [0.2, 0.25) is 0 Å². The third kappa shape index (κ3) is 4.71. The largest absolute Gasteiger partial charge is 0.441 e. The van der Waals surface area contributed by atoms with Gasteiger partial charge in [-0.1, -0.05) is 91.0 Å². The Morgan fingerprint density at radius 3 is 2.39 bits per heavy atom. The van der Waals surface area contributed by atoms with E-state index in [2.05, 4.69) is 59.2 Å². The number of carbonyl (C=O) groups excluding carboxylic acids is 1. The van der Waals surface area contributed by atoms with Crippen LogP contribution in [0.25, 0.3) is 21.9 Å². The second-order valence-corrected chi connectivity index (χ2v) is 9.36. The predicted octanol–water partition coefficient (Wildman–Crippen LogP) is 4.35. The normalized spacial score (nSPS) is 22.9. The zero-order chi connectivity index (χ0) is 24.3. The maximum atomic E-state index is 12.7. The van der Waals surface area contributed by atoms with E-state index in [-0.39, 0.29) is 18.2 Å². The molecule has 0 aromatic heterocycles. The van der Waals surface area contributed by atoms with Crippen molar-refractivity contribution in [3.8, 4) is 11.1 Å². The Balaban J connectivity index is 1.03. The Bertz CT molecular complexity index is 1340. The molecule has 0 spiro atoms. The Morgan fingerprint density at radius 1 is 0.806 bits per heavy atom. The first-order valence-corrected chi connectivity index (χ1v) is 12.4. The molecule has 2 aliphatic heterocycles. The number of hydrogen-bond donors (Lipinski definition) is 2. The van der Waals surface area contributed by atoms with Crippen LogP contribution in [0, 0.1) is 0 Å². The molecule has 0 aliphatic carbocycles. The van der Waals surface area contributed by atoms with Crippen molar-refractivity contribution < 1.29 is 24.3 Å². The lowest BCUT2D eigenvalue weighted by Crippen LogP contribution is -2.91. The van der Waals surface area contributed by atoms with Gasteiger partial charge < -0.3 is 19.5 Å². The van der Waals surface area contributed by atoms with Crippen LogP contribution in [-0.4, -0.2) is 43.7 Å². The number of benzene rings is 4. The fourth-order valence-electron chi connectivity index (χ4n) is 5.16. The summed E-state index contributed by atoms with van der Waals surface area (Å²) in [7, 11) is 0. The molecule has 2 aliphatic rings. The highest BCUT2D eigenvalue weighted by atomic mass is 16.6. The van der Waals surface area contributed by atoms with Crippen molar-refractivity contribution in [2.24, 2.45) is 0 Å². The summed E-state index contributed by atoms with van der Waals surface area (Å²) in [5.74, 6) is 0. The van der Waals surface area contributed by atoms with Crippen LogP contribution < -0.4 is 10.6 Å². The number of hydrogen-bond acceptors (Lipinski definition) is 4. The molecule has 36 heavy (non-hydrogen) atoms. The first-order valence-electron chi connectivity index (χ1n) is 12.4. The number of rotatable bonds is 6. The minimum Gasteiger partial charge on any atom is -0.441 e. The summed E-state index contributed by atoms with van der Waals surface area (Å²) in [5.41, 5.74) is 4.41. The second kappa shape index (κ2) is 10.1. The first-order chi connectivity index (χ1) is 17.7. The van der Waals surface area contributed by atoms with Crippen LogP contribution in [0.3, 0.4) is 0 Å². The number of nitrogens with one attached hydrogen (secondary N) is 1. The van der Waals surface area contributed by atoms with E-state index >= 15 is 0 Å². The molecule has 6 heteroatoms. The molecule has 2 fully saturated rings.